The summed E-state index contributed by atoms with van der Waals surface area (Å²) in [4.78, 5) is 23.9. The van der Waals surface area contributed by atoms with Gasteiger partial charge in [-0.15, -0.1) is 12.4 Å². The molecule has 6 nitrogen and oxygen atoms in total. The predicted octanol–water partition coefficient (Wildman–Crippen LogP) is 1.55. The highest BCUT2D eigenvalue weighted by molar-refractivity contribution is 5.96. The normalized spacial score (nSPS) is 16.1. The van der Waals surface area contributed by atoms with Crippen LogP contribution in [0.25, 0.3) is 0 Å². The topological polar surface area (TPSA) is 93.5 Å². The second-order valence-electron chi connectivity index (χ2n) is 5.56. The zero-order valence-corrected chi connectivity index (χ0v) is 14.0. The van der Waals surface area contributed by atoms with Crippen molar-refractivity contribution in [3.05, 3.63) is 29.8 Å². The second kappa shape index (κ2) is 9.50. The third-order valence-corrected chi connectivity index (χ3v) is 3.77. The van der Waals surface area contributed by atoms with Crippen molar-refractivity contribution >= 4 is 29.9 Å². The molecule has 0 radical (unpaired) electrons. The summed E-state index contributed by atoms with van der Waals surface area (Å²) in [6.07, 6.45) is 1.69. The molecular formula is C16H24ClN3O3. The lowest BCUT2D eigenvalue weighted by atomic mass is 10.1. The molecule has 0 aromatic heterocycles. The van der Waals surface area contributed by atoms with Gasteiger partial charge in [0.2, 0.25) is 5.91 Å². The van der Waals surface area contributed by atoms with Crippen LogP contribution in [0, 0.1) is 5.92 Å². The molecule has 0 aliphatic carbocycles. The average Bonchev–Trinajstić information content (AvgIpc) is 2.55. The van der Waals surface area contributed by atoms with Crippen LogP contribution < -0.4 is 16.4 Å². The molecule has 1 aliphatic heterocycles. The smallest absolute Gasteiger partial charge is 0.251 e. The van der Waals surface area contributed by atoms with Crippen molar-refractivity contribution in [1.82, 2.24) is 5.32 Å². The standard InChI is InChI=1S/C16H23N3O3.ClH/c1-11(10-17)15(20)18-13-4-2-12(3-5-13)16(21)19-14-6-8-22-9-7-14;/h2-5,11,14H,6-10,17H2,1H3,(H,18,20)(H,19,21);1H. The van der Waals surface area contributed by atoms with Gasteiger partial charge in [-0.1, -0.05) is 6.92 Å². The van der Waals surface area contributed by atoms with E-state index >= 15 is 0 Å². The summed E-state index contributed by atoms with van der Waals surface area (Å²) in [6, 6.07) is 7.03. The third kappa shape index (κ3) is 5.82. The van der Waals surface area contributed by atoms with Crippen molar-refractivity contribution in [2.24, 2.45) is 11.7 Å². The van der Waals surface area contributed by atoms with Crippen LogP contribution in [-0.4, -0.2) is 37.6 Å². The van der Waals surface area contributed by atoms with Gasteiger partial charge < -0.3 is 21.1 Å². The molecule has 1 aromatic carbocycles. The maximum absolute atomic E-state index is 12.1. The van der Waals surface area contributed by atoms with E-state index in [0.29, 0.717) is 31.0 Å². The van der Waals surface area contributed by atoms with Gasteiger partial charge in [-0.2, -0.15) is 0 Å². The number of amides is 2. The van der Waals surface area contributed by atoms with Crippen molar-refractivity contribution in [1.29, 1.82) is 0 Å². The SMILES string of the molecule is CC(CN)C(=O)Nc1ccc(C(=O)NC2CCOCC2)cc1.Cl. The molecule has 1 atom stereocenters. The Balaban J connectivity index is 0.00000264. The molecule has 23 heavy (non-hydrogen) atoms. The monoisotopic (exact) mass is 341 g/mol. The summed E-state index contributed by atoms with van der Waals surface area (Å²) in [6.45, 7) is 3.45. The summed E-state index contributed by atoms with van der Waals surface area (Å²) in [5.74, 6) is -0.460. The van der Waals surface area contributed by atoms with Gasteiger partial charge >= 0.3 is 0 Å². The first-order valence-electron chi connectivity index (χ1n) is 7.59. The Kier molecular flexibility index (Phi) is 8.02. The first kappa shape index (κ1) is 19.4. The number of carbonyl (C=O) groups excluding carboxylic acids is 2. The largest absolute Gasteiger partial charge is 0.381 e. The molecule has 0 saturated carbocycles. The average molecular weight is 342 g/mol. The quantitative estimate of drug-likeness (QED) is 0.757. The highest BCUT2D eigenvalue weighted by Crippen LogP contribution is 2.12. The van der Waals surface area contributed by atoms with Crippen molar-refractivity contribution < 1.29 is 14.3 Å². The number of halogens is 1. The van der Waals surface area contributed by atoms with E-state index in [0.717, 1.165) is 12.8 Å². The maximum Gasteiger partial charge on any atom is 0.251 e. The molecule has 2 amide bonds. The minimum atomic E-state index is -0.239. The van der Waals surface area contributed by atoms with Crippen LogP contribution in [0.15, 0.2) is 24.3 Å². The van der Waals surface area contributed by atoms with Gasteiger partial charge in [0.1, 0.15) is 0 Å². The lowest BCUT2D eigenvalue weighted by molar-refractivity contribution is -0.119. The van der Waals surface area contributed by atoms with Gasteiger partial charge in [0, 0.05) is 43.0 Å². The summed E-state index contributed by atoms with van der Waals surface area (Å²) >= 11 is 0. The van der Waals surface area contributed by atoms with E-state index in [2.05, 4.69) is 10.6 Å². The predicted molar refractivity (Wildman–Crippen MR) is 91.8 cm³/mol. The number of hydrogen-bond acceptors (Lipinski definition) is 4. The van der Waals surface area contributed by atoms with Crippen LogP contribution >= 0.6 is 12.4 Å². The van der Waals surface area contributed by atoms with Crippen molar-refractivity contribution in [3.63, 3.8) is 0 Å². The van der Waals surface area contributed by atoms with E-state index in [1.54, 1.807) is 31.2 Å². The van der Waals surface area contributed by atoms with E-state index in [1.807, 2.05) is 0 Å². The Morgan fingerprint density at radius 3 is 2.43 bits per heavy atom. The van der Waals surface area contributed by atoms with Gasteiger partial charge in [-0.3, -0.25) is 9.59 Å². The number of nitrogens with two attached hydrogens (primary N) is 1. The molecule has 7 heteroatoms. The van der Waals surface area contributed by atoms with Gasteiger partial charge in [-0.25, -0.2) is 0 Å². The van der Waals surface area contributed by atoms with E-state index in [4.69, 9.17) is 10.5 Å². The Morgan fingerprint density at radius 2 is 1.87 bits per heavy atom. The summed E-state index contributed by atoms with van der Waals surface area (Å²) < 4.78 is 5.27. The molecule has 0 bridgehead atoms. The third-order valence-electron chi connectivity index (χ3n) is 3.77. The zero-order chi connectivity index (χ0) is 15.9. The summed E-state index contributed by atoms with van der Waals surface area (Å²) in [7, 11) is 0. The number of carbonyl (C=O) groups is 2. The van der Waals surface area contributed by atoms with Crippen LogP contribution in [0.2, 0.25) is 0 Å². The number of hydrogen-bond donors (Lipinski definition) is 3. The Labute approximate surface area is 142 Å². The van der Waals surface area contributed by atoms with Crippen LogP contribution in [0.1, 0.15) is 30.1 Å². The fraction of sp³-hybridized carbons (Fsp3) is 0.500. The summed E-state index contributed by atoms with van der Waals surface area (Å²) in [5.41, 5.74) is 6.70. The molecule has 1 unspecified atom stereocenters. The number of ether oxygens (including phenoxy) is 1. The lowest BCUT2D eigenvalue weighted by Crippen LogP contribution is -2.38. The fourth-order valence-corrected chi connectivity index (χ4v) is 2.19. The minimum absolute atomic E-state index is 0. The molecule has 4 N–H and O–H groups in total. The van der Waals surface area contributed by atoms with Gasteiger partial charge in [0.25, 0.3) is 5.91 Å². The van der Waals surface area contributed by atoms with Gasteiger partial charge in [0.05, 0.1) is 0 Å². The zero-order valence-electron chi connectivity index (χ0n) is 13.2. The minimum Gasteiger partial charge on any atom is -0.381 e. The van der Waals surface area contributed by atoms with Crippen LogP contribution in [0.3, 0.4) is 0 Å². The van der Waals surface area contributed by atoms with E-state index in [9.17, 15) is 9.59 Å². The van der Waals surface area contributed by atoms with E-state index < -0.39 is 0 Å². The van der Waals surface area contributed by atoms with Gasteiger partial charge in [-0.05, 0) is 37.1 Å². The highest BCUT2D eigenvalue weighted by Gasteiger charge is 2.17. The Hall–Kier alpha value is -1.63. The van der Waals surface area contributed by atoms with Crippen molar-refractivity contribution in [3.8, 4) is 0 Å². The van der Waals surface area contributed by atoms with E-state index in [-0.39, 0.29) is 36.2 Å². The number of benzene rings is 1. The van der Waals surface area contributed by atoms with Crippen LogP contribution in [-0.2, 0) is 9.53 Å². The Morgan fingerprint density at radius 1 is 1.26 bits per heavy atom. The van der Waals surface area contributed by atoms with Crippen molar-refractivity contribution in [2.75, 3.05) is 25.1 Å². The lowest BCUT2D eigenvalue weighted by Gasteiger charge is -2.23. The molecule has 1 fully saturated rings. The molecule has 1 aromatic rings. The second-order valence-corrected chi connectivity index (χ2v) is 5.56. The molecule has 0 spiro atoms. The number of rotatable bonds is 5. The van der Waals surface area contributed by atoms with Crippen LogP contribution in [0.4, 0.5) is 5.69 Å². The molecule has 128 valence electrons. The van der Waals surface area contributed by atoms with E-state index in [1.165, 1.54) is 0 Å². The summed E-state index contributed by atoms with van der Waals surface area (Å²) in [5, 5.41) is 5.77. The van der Waals surface area contributed by atoms with Crippen molar-refractivity contribution in [2.45, 2.75) is 25.8 Å². The number of nitrogens with one attached hydrogen (secondary N) is 2. The van der Waals surface area contributed by atoms with Crippen LogP contribution in [0.5, 0.6) is 0 Å². The molecule has 2 rings (SSSR count). The molecule has 1 saturated heterocycles. The van der Waals surface area contributed by atoms with Gasteiger partial charge in [0.15, 0.2) is 0 Å². The number of anilines is 1. The maximum atomic E-state index is 12.1. The molecule has 1 aliphatic rings. The highest BCUT2D eigenvalue weighted by atomic mass is 35.5. The molecular weight excluding hydrogens is 318 g/mol. The fourth-order valence-electron chi connectivity index (χ4n) is 2.19. The first-order valence-corrected chi connectivity index (χ1v) is 7.59. The molecule has 1 heterocycles. The first-order chi connectivity index (χ1) is 10.6. The Bertz CT molecular complexity index is 516.